The molecule has 1 aliphatic carbocycles. The maximum atomic E-state index is 11.8. The van der Waals surface area contributed by atoms with Crippen LogP contribution in [0.1, 0.15) is 28.1 Å². The number of furan rings is 1. The first kappa shape index (κ1) is 11.6. The summed E-state index contributed by atoms with van der Waals surface area (Å²) >= 11 is 1.58. The van der Waals surface area contributed by atoms with Crippen molar-refractivity contribution in [2.45, 2.75) is 24.2 Å². The van der Waals surface area contributed by atoms with E-state index in [1.807, 2.05) is 0 Å². The minimum absolute atomic E-state index is 0.0468. The summed E-state index contributed by atoms with van der Waals surface area (Å²) in [4.78, 5) is 13.0. The number of carbonyl (C=O) groups is 1. The normalized spacial score (nSPS) is 13.6. The minimum Gasteiger partial charge on any atom is -0.461 e. The first-order valence-corrected chi connectivity index (χ1v) is 7.13. The van der Waals surface area contributed by atoms with Gasteiger partial charge in [-0.25, -0.2) is 0 Å². The summed E-state index contributed by atoms with van der Waals surface area (Å²) in [6.45, 7) is 0. The molecule has 1 aromatic carbocycles. The molecule has 0 spiro atoms. The number of fused-ring (bicyclic) bond motifs is 1. The topological polar surface area (TPSA) is 30.2 Å². The van der Waals surface area contributed by atoms with Crippen molar-refractivity contribution in [3.63, 3.8) is 0 Å². The quantitative estimate of drug-likeness (QED) is 0.618. The highest BCUT2D eigenvalue weighted by molar-refractivity contribution is 8.00. The molecule has 0 fully saturated rings. The first-order chi connectivity index (χ1) is 8.83. The molecule has 0 aliphatic heterocycles. The van der Waals surface area contributed by atoms with Crippen LogP contribution in [0.25, 0.3) is 0 Å². The number of benzene rings is 1. The van der Waals surface area contributed by atoms with E-state index in [1.54, 1.807) is 23.9 Å². The van der Waals surface area contributed by atoms with Crippen LogP contribution >= 0.6 is 11.8 Å². The summed E-state index contributed by atoms with van der Waals surface area (Å²) in [5.41, 5.74) is 2.92. The molecule has 0 radical (unpaired) electrons. The molecule has 0 bridgehead atoms. The van der Waals surface area contributed by atoms with Gasteiger partial charge in [0.1, 0.15) is 0 Å². The van der Waals surface area contributed by atoms with E-state index in [-0.39, 0.29) is 5.78 Å². The Balaban J connectivity index is 1.65. The lowest BCUT2D eigenvalue weighted by molar-refractivity contribution is 0.0992. The molecular weight excluding hydrogens is 244 g/mol. The van der Waals surface area contributed by atoms with E-state index in [1.165, 1.54) is 41.5 Å². The molecular formula is C15H14O2S. The van der Waals surface area contributed by atoms with Gasteiger partial charge in [0.2, 0.25) is 5.78 Å². The fraction of sp³-hybridized carbons (Fsp3) is 0.267. The highest BCUT2D eigenvalue weighted by Crippen LogP contribution is 2.27. The summed E-state index contributed by atoms with van der Waals surface area (Å²) in [6.07, 6.45) is 5.17. The van der Waals surface area contributed by atoms with Crippen LogP contribution in [0.3, 0.4) is 0 Å². The van der Waals surface area contributed by atoms with Crippen LogP contribution in [0.2, 0.25) is 0 Å². The first-order valence-electron chi connectivity index (χ1n) is 6.14. The Bertz CT molecular complexity index is 558. The number of Topliss-reactive ketones (excluding diaryl/α,β-unsaturated/α-hetero) is 1. The molecule has 0 amide bonds. The number of rotatable bonds is 4. The van der Waals surface area contributed by atoms with E-state index in [4.69, 9.17) is 4.42 Å². The second-order valence-corrected chi connectivity index (χ2v) is 5.52. The van der Waals surface area contributed by atoms with Crippen LogP contribution in [-0.4, -0.2) is 11.5 Å². The van der Waals surface area contributed by atoms with E-state index in [0.29, 0.717) is 11.5 Å². The predicted molar refractivity (Wildman–Crippen MR) is 72.2 cm³/mol. The van der Waals surface area contributed by atoms with Gasteiger partial charge in [0.05, 0.1) is 12.0 Å². The molecule has 1 heterocycles. The van der Waals surface area contributed by atoms with E-state index >= 15 is 0 Å². The molecule has 0 N–H and O–H groups in total. The van der Waals surface area contributed by atoms with Gasteiger partial charge < -0.3 is 4.42 Å². The van der Waals surface area contributed by atoms with Gasteiger partial charge in [0.15, 0.2) is 5.76 Å². The minimum atomic E-state index is 0.0468. The van der Waals surface area contributed by atoms with Gasteiger partial charge in [-0.2, -0.15) is 0 Å². The standard InChI is InChI=1S/C15H14O2S/c16-14(15-5-2-8-17-15)10-18-13-7-6-11-3-1-4-12(11)9-13/h2,5-9H,1,3-4,10H2. The van der Waals surface area contributed by atoms with Crippen LogP contribution in [-0.2, 0) is 12.8 Å². The number of aryl methyl sites for hydroxylation is 2. The van der Waals surface area contributed by atoms with Gasteiger partial charge in [-0.05, 0) is 54.7 Å². The monoisotopic (exact) mass is 258 g/mol. The molecule has 92 valence electrons. The molecule has 1 aliphatic rings. The zero-order valence-corrected chi connectivity index (χ0v) is 10.8. The Morgan fingerprint density at radius 2 is 2.11 bits per heavy atom. The van der Waals surface area contributed by atoms with Crippen LogP contribution in [0.15, 0.2) is 45.9 Å². The fourth-order valence-corrected chi connectivity index (χ4v) is 3.13. The van der Waals surface area contributed by atoms with Crippen LogP contribution in [0.4, 0.5) is 0 Å². The third-order valence-corrected chi connectivity index (χ3v) is 4.23. The van der Waals surface area contributed by atoms with Gasteiger partial charge >= 0.3 is 0 Å². The van der Waals surface area contributed by atoms with Gasteiger partial charge in [-0.15, -0.1) is 11.8 Å². The Kier molecular flexibility index (Phi) is 3.24. The number of thioether (sulfide) groups is 1. The number of ketones is 1. The summed E-state index contributed by atoms with van der Waals surface area (Å²) in [5, 5.41) is 0. The van der Waals surface area contributed by atoms with Gasteiger partial charge in [0.25, 0.3) is 0 Å². The fourth-order valence-electron chi connectivity index (χ4n) is 2.30. The molecule has 2 aromatic rings. The molecule has 0 unspecified atom stereocenters. The predicted octanol–water partition coefficient (Wildman–Crippen LogP) is 3.74. The average molecular weight is 258 g/mol. The second kappa shape index (κ2) is 5.02. The third kappa shape index (κ3) is 2.36. The Morgan fingerprint density at radius 1 is 1.22 bits per heavy atom. The van der Waals surface area contributed by atoms with E-state index in [0.717, 1.165) is 0 Å². The molecule has 0 saturated heterocycles. The van der Waals surface area contributed by atoms with Gasteiger partial charge in [-0.3, -0.25) is 4.79 Å². The Hall–Kier alpha value is -1.48. The van der Waals surface area contributed by atoms with Gasteiger partial charge in [-0.1, -0.05) is 6.07 Å². The number of hydrogen-bond acceptors (Lipinski definition) is 3. The van der Waals surface area contributed by atoms with Crippen molar-refractivity contribution in [3.8, 4) is 0 Å². The second-order valence-electron chi connectivity index (χ2n) is 4.47. The van der Waals surface area contributed by atoms with Crippen molar-refractivity contribution >= 4 is 17.5 Å². The smallest absolute Gasteiger partial charge is 0.208 e. The largest absolute Gasteiger partial charge is 0.461 e. The number of carbonyl (C=O) groups excluding carboxylic acids is 1. The lowest BCUT2D eigenvalue weighted by atomic mass is 10.1. The van der Waals surface area contributed by atoms with Crippen molar-refractivity contribution in [3.05, 3.63) is 53.5 Å². The summed E-state index contributed by atoms with van der Waals surface area (Å²) in [5.74, 6) is 0.931. The molecule has 3 heteroatoms. The van der Waals surface area contributed by atoms with E-state index in [9.17, 15) is 4.79 Å². The highest BCUT2D eigenvalue weighted by atomic mass is 32.2. The van der Waals surface area contributed by atoms with E-state index in [2.05, 4.69) is 18.2 Å². The molecule has 2 nitrogen and oxygen atoms in total. The van der Waals surface area contributed by atoms with Crippen LogP contribution < -0.4 is 0 Å². The number of hydrogen-bond donors (Lipinski definition) is 0. The van der Waals surface area contributed by atoms with Crippen LogP contribution in [0.5, 0.6) is 0 Å². The average Bonchev–Trinajstić information content (AvgIpc) is 3.05. The lowest BCUT2D eigenvalue weighted by Crippen LogP contribution is -2.00. The Morgan fingerprint density at radius 3 is 2.94 bits per heavy atom. The van der Waals surface area contributed by atoms with Crippen LogP contribution in [0, 0.1) is 0 Å². The molecule has 0 saturated carbocycles. The maximum Gasteiger partial charge on any atom is 0.208 e. The molecule has 3 rings (SSSR count). The van der Waals surface area contributed by atoms with Crippen molar-refractivity contribution in [2.24, 2.45) is 0 Å². The SMILES string of the molecule is O=C(CSc1ccc2c(c1)CCC2)c1ccco1. The lowest BCUT2D eigenvalue weighted by Gasteiger charge is -2.03. The third-order valence-electron chi connectivity index (χ3n) is 3.24. The highest BCUT2D eigenvalue weighted by Gasteiger charge is 2.13. The molecule has 18 heavy (non-hydrogen) atoms. The summed E-state index contributed by atoms with van der Waals surface area (Å²) in [7, 11) is 0. The van der Waals surface area contributed by atoms with Crippen molar-refractivity contribution in [1.29, 1.82) is 0 Å². The zero-order chi connectivity index (χ0) is 12.4. The zero-order valence-electron chi connectivity index (χ0n) is 10.0. The summed E-state index contributed by atoms with van der Waals surface area (Å²) in [6, 6.07) is 9.99. The van der Waals surface area contributed by atoms with Gasteiger partial charge in [0, 0.05) is 4.90 Å². The summed E-state index contributed by atoms with van der Waals surface area (Å²) < 4.78 is 5.09. The molecule has 0 atom stereocenters. The maximum absolute atomic E-state index is 11.8. The Labute approximate surface area is 110 Å². The van der Waals surface area contributed by atoms with Crippen molar-refractivity contribution < 1.29 is 9.21 Å². The van der Waals surface area contributed by atoms with E-state index < -0.39 is 0 Å². The molecule has 1 aromatic heterocycles. The van der Waals surface area contributed by atoms with Crippen molar-refractivity contribution in [1.82, 2.24) is 0 Å². The van der Waals surface area contributed by atoms with Crippen molar-refractivity contribution in [2.75, 3.05) is 5.75 Å².